The molecule has 2 heterocycles. The van der Waals surface area contributed by atoms with Gasteiger partial charge in [0.15, 0.2) is 5.72 Å². The van der Waals surface area contributed by atoms with Gasteiger partial charge in [-0.15, -0.1) is 0 Å². The van der Waals surface area contributed by atoms with E-state index in [1.54, 1.807) is 0 Å². The van der Waals surface area contributed by atoms with Crippen LogP contribution in [-0.4, -0.2) is 43.1 Å². The molecule has 0 aromatic carbocycles. The predicted molar refractivity (Wildman–Crippen MR) is 82.2 cm³/mol. The molecule has 4 nitrogen and oxygen atoms in total. The van der Waals surface area contributed by atoms with E-state index in [-0.39, 0.29) is 0 Å². The quantitative estimate of drug-likeness (QED) is 0.601. The van der Waals surface area contributed by atoms with Crippen LogP contribution >= 0.6 is 12.1 Å². The first-order chi connectivity index (χ1) is 9.20. The summed E-state index contributed by atoms with van der Waals surface area (Å²) in [5.74, 6) is 0. The van der Waals surface area contributed by atoms with Gasteiger partial charge in [-0.05, 0) is 31.9 Å². The molecule has 0 amide bonds. The van der Waals surface area contributed by atoms with Gasteiger partial charge < -0.3 is 9.64 Å². The topological polar surface area (TPSA) is 36.9 Å². The molecule has 0 aliphatic carbocycles. The Labute approximate surface area is 120 Å². The van der Waals surface area contributed by atoms with E-state index in [1.807, 2.05) is 6.21 Å². The van der Waals surface area contributed by atoms with E-state index >= 15 is 0 Å². The Morgan fingerprint density at radius 1 is 1.58 bits per heavy atom. The Morgan fingerprint density at radius 2 is 2.42 bits per heavy atom. The first kappa shape index (κ1) is 15.0. The second kappa shape index (κ2) is 6.88. The van der Waals surface area contributed by atoms with E-state index in [1.165, 1.54) is 17.7 Å². The summed E-state index contributed by atoms with van der Waals surface area (Å²) in [4.78, 5) is 2.32. The van der Waals surface area contributed by atoms with Crippen molar-refractivity contribution in [3.05, 3.63) is 11.6 Å². The van der Waals surface area contributed by atoms with Crippen molar-refractivity contribution in [2.24, 2.45) is 4.40 Å². The van der Waals surface area contributed by atoms with Crippen molar-refractivity contribution in [2.75, 3.05) is 20.1 Å². The van der Waals surface area contributed by atoms with Gasteiger partial charge in [-0.25, -0.2) is 9.12 Å². The van der Waals surface area contributed by atoms with Crippen molar-refractivity contribution >= 4 is 18.3 Å². The van der Waals surface area contributed by atoms with Crippen LogP contribution in [0.3, 0.4) is 0 Å². The SMILES string of the molecule is CCCC(CC)OC1(C2=CCN(C)CC2)C=NSN1. The van der Waals surface area contributed by atoms with E-state index in [0.717, 1.165) is 38.8 Å². The highest BCUT2D eigenvalue weighted by atomic mass is 32.2. The normalized spacial score (nSPS) is 29.5. The van der Waals surface area contributed by atoms with Gasteiger partial charge >= 0.3 is 0 Å². The molecule has 0 radical (unpaired) electrons. The highest BCUT2D eigenvalue weighted by Gasteiger charge is 2.39. The average molecular weight is 283 g/mol. The summed E-state index contributed by atoms with van der Waals surface area (Å²) in [6.07, 6.45) is 8.86. The molecule has 108 valence electrons. The lowest BCUT2D eigenvalue weighted by Gasteiger charge is -2.36. The van der Waals surface area contributed by atoms with Crippen molar-refractivity contribution in [1.29, 1.82) is 0 Å². The van der Waals surface area contributed by atoms with E-state index in [0.29, 0.717) is 6.10 Å². The molecule has 2 aliphatic heterocycles. The summed E-state index contributed by atoms with van der Waals surface area (Å²) in [6.45, 7) is 6.47. The van der Waals surface area contributed by atoms with Crippen molar-refractivity contribution in [2.45, 2.75) is 51.4 Å². The summed E-state index contributed by atoms with van der Waals surface area (Å²) in [5.41, 5.74) is 0.857. The number of nitrogens with zero attached hydrogens (tertiary/aromatic N) is 2. The number of nitrogens with one attached hydrogen (secondary N) is 1. The number of ether oxygens (including phenoxy) is 1. The fourth-order valence-corrected chi connectivity index (χ4v) is 3.16. The van der Waals surface area contributed by atoms with Gasteiger partial charge in [-0.2, -0.15) is 0 Å². The molecule has 0 fully saturated rings. The zero-order valence-corrected chi connectivity index (χ0v) is 13.0. The maximum atomic E-state index is 6.40. The maximum absolute atomic E-state index is 6.40. The number of hydrogen-bond acceptors (Lipinski definition) is 5. The third-order valence-corrected chi connectivity index (χ3v) is 4.40. The molecule has 0 saturated carbocycles. The van der Waals surface area contributed by atoms with Gasteiger partial charge in [0.1, 0.15) is 0 Å². The van der Waals surface area contributed by atoms with Crippen LogP contribution < -0.4 is 4.72 Å². The minimum Gasteiger partial charge on any atom is -0.347 e. The van der Waals surface area contributed by atoms with Gasteiger partial charge in [-0.1, -0.05) is 26.3 Å². The van der Waals surface area contributed by atoms with Crippen molar-refractivity contribution in [3.8, 4) is 0 Å². The molecule has 0 spiro atoms. The van der Waals surface area contributed by atoms with Crippen LogP contribution in [0.4, 0.5) is 0 Å². The van der Waals surface area contributed by atoms with Crippen LogP contribution in [0.15, 0.2) is 16.0 Å². The summed E-state index contributed by atoms with van der Waals surface area (Å²) >= 11 is 1.39. The fourth-order valence-electron chi connectivity index (χ4n) is 2.54. The first-order valence-electron chi connectivity index (χ1n) is 7.23. The fraction of sp³-hybridized carbons (Fsp3) is 0.786. The molecule has 5 heteroatoms. The van der Waals surface area contributed by atoms with Gasteiger partial charge in [0, 0.05) is 13.1 Å². The number of likely N-dealkylation sites (N-methyl/N-ethyl adjacent to an activating group) is 1. The second-order valence-corrected chi connectivity index (χ2v) is 5.94. The molecule has 2 unspecified atom stereocenters. The monoisotopic (exact) mass is 283 g/mol. The zero-order valence-electron chi connectivity index (χ0n) is 12.2. The van der Waals surface area contributed by atoms with Crippen molar-refractivity contribution in [3.63, 3.8) is 0 Å². The van der Waals surface area contributed by atoms with E-state index in [4.69, 9.17) is 4.74 Å². The average Bonchev–Trinajstić information content (AvgIpc) is 2.88. The molecule has 0 saturated heterocycles. The van der Waals surface area contributed by atoms with E-state index < -0.39 is 5.72 Å². The minimum absolute atomic E-state index is 0.295. The van der Waals surface area contributed by atoms with Crippen LogP contribution in [0.5, 0.6) is 0 Å². The third kappa shape index (κ3) is 3.60. The predicted octanol–water partition coefficient (Wildman–Crippen LogP) is 2.78. The Balaban J connectivity index is 2.11. The molecule has 2 rings (SSSR count). The smallest absolute Gasteiger partial charge is 0.188 e. The lowest BCUT2D eigenvalue weighted by atomic mass is 9.97. The Hall–Kier alpha value is -0.360. The summed E-state index contributed by atoms with van der Waals surface area (Å²) in [7, 11) is 2.15. The van der Waals surface area contributed by atoms with E-state index in [9.17, 15) is 0 Å². The first-order valence-corrected chi connectivity index (χ1v) is 8.01. The molecule has 0 bridgehead atoms. The van der Waals surface area contributed by atoms with Gasteiger partial charge in [0.25, 0.3) is 0 Å². The summed E-state index contributed by atoms with van der Waals surface area (Å²) < 4.78 is 14.0. The summed E-state index contributed by atoms with van der Waals surface area (Å²) in [6, 6.07) is 0. The van der Waals surface area contributed by atoms with Crippen LogP contribution in [0.25, 0.3) is 0 Å². The van der Waals surface area contributed by atoms with E-state index in [2.05, 4.69) is 41.0 Å². The minimum atomic E-state index is -0.470. The van der Waals surface area contributed by atoms with Crippen LogP contribution in [0, 0.1) is 0 Å². The van der Waals surface area contributed by atoms with Crippen molar-refractivity contribution in [1.82, 2.24) is 9.62 Å². The van der Waals surface area contributed by atoms with Crippen LogP contribution in [-0.2, 0) is 4.74 Å². The number of hydrogen-bond donors (Lipinski definition) is 1. The van der Waals surface area contributed by atoms with Gasteiger partial charge in [0.05, 0.1) is 24.5 Å². The molecule has 0 aromatic heterocycles. The molecule has 2 aliphatic rings. The Morgan fingerprint density at radius 3 is 2.95 bits per heavy atom. The standard InChI is InChI=1S/C14H25N3OS/c1-4-6-13(5-2)18-14(11-15-19-16-14)12-7-9-17(3)10-8-12/h7,11,13,16H,4-6,8-10H2,1-3H3. The van der Waals surface area contributed by atoms with Gasteiger partial charge in [0.2, 0.25) is 0 Å². The Kier molecular flexibility index (Phi) is 5.45. The second-order valence-electron chi connectivity index (χ2n) is 5.34. The maximum Gasteiger partial charge on any atom is 0.188 e. The van der Waals surface area contributed by atoms with Gasteiger partial charge in [-0.3, -0.25) is 0 Å². The Bertz CT molecular complexity index is 359. The molecule has 2 atom stereocenters. The van der Waals surface area contributed by atoms with Crippen LogP contribution in [0.2, 0.25) is 0 Å². The lowest BCUT2D eigenvalue weighted by Crippen LogP contribution is -2.49. The lowest BCUT2D eigenvalue weighted by molar-refractivity contribution is -0.0378. The van der Waals surface area contributed by atoms with Crippen LogP contribution in [0.1, 0.15) is 39.5 Å². The molecule has 19 heavy (non-hydrogen) atoms. The highest BCUT2D eigenvalue weighted by Crippen LogP contribution is 2.32. The third-order valence-electron chi connectivity index (χ3n) is 3.79. The molecule has 0 aromatic rings. The van der Waals surface area contributed by atoms with Crippen molar-refractivity contribution < 1.29 is 4.74 Å². The molecular weight excluding hydrogens is 258 g/mol. The number of rotatable bonds is 6. The highest BCUT2D eigenvalue weighted by molar-refractivity contribution is 7.96. The zero-order chi connectivity index (χ0) is 13.7. The summed E-state index contributed by atoms with van der Waals surface area (Å²) in [5, 5.41) is 0. The molecule has 1 N–H and O–H groups in total. The largest absolute Gasteiger partial charge is 0.347 e. The molecular formula is C14H25N3OS.